The van der Waals surface area contributed by atoms with Gasteiger partial charge in [-0.2, -0.15) is 0 Å². The van der Waals surface area contributed by atoms with Gasteiger partial charge in [0.1, 0.15) is 29.8 Å². The maximum atomic E-state index is 14.3. The molecule has 1 aliphatic heterocycles. The lowest BCUT2D eigenvalue weighted by Gasteiger charge is -2.47. The van der Waals surface area contributed by atoms with E-state index in [4.69, 9.17) is 29.1 Å². The van der Waals surface area contributed by atoms with E-state index in [2.05, 4.69) is 17.4 Å². The normalized spacial score (nSPS) is 18.4. The lowest BCUT2D eigenvalue weighted by atomic mass is 9.81. The van der Waals surface area contributed by atoms with Gasteiger partial charge < -0.3 is 49.7 Å². The van der Waals surface area contributed by atoms with Crippen molar-refractivity contribution >= 4 is 28.7 Å². The molecule has 13 nitrogen and oxygen atoms in total. The highest BCUT2D eigenvalue weighted by Crippen LogP contribution is 2.40. The highest BCUT2D eigenvalue weighted by Gasteiger charge is 2.52. The number of fused-ring (bicyclic) bond motifs is 1. The van der Waals surface area contributed by atoms with Crippen LogP contribution in [0.3, 0.4) is 0 Å². The molecule has 2 amide bonds. The molecule has 1 saturated heterocycles. The van der Waals surface area contributed by atoms with E-state index in [0.717, 1.165) is 34.2 Å². The van der Waals surface area contributed by atoms with Gasteiger partial charge in [-0.05, 0) is 85.7 Å². The van der Waals surface area contributed by atoms with Crippen LogP contribution in [-0.2, 0) is 28.9 Å². The zero-order valence-corrected chi connectivity index (χ0v) is 33.3. The van der Waals surface area contributed by atoms with Crippen molar-refractivity contribution in [3.63, 3.8) is 0 Å². The van der Waals surface area contributed by atoms with Crippen LogP contribution in [0, 0.1) is 12.8 Å². The fourth-order valence-corrected chi connectivity index (χ4v) is 7.53. The predicted molar refractivity (Wildman–Crippen MR) is 224 cm³/mol. The zero-order valence-electron chi connectivity index (χ0n) is 33.3. The minimum atomic E-state index is -1.57. The van der Waals surface area contributed by atoms with Crippen LogP contribution in [-0.4, -0.2) is 58.0 Å². The van der Waals surface area contributed by atoms with Crippen LogP contribution >= 0.6 is 0 Å². The quantitative estimate of drug-likeness (QED) is 0.0750. The van der Waals surface area contributed by atoms with Crippen LogP contribution in [0.2, 0.25) is 0 Å². The number of anilines is 1. The lowest BCUT2D eigenvalue weighted by Crippen LogP contribution is -2.62. The molecule has 6 aromatic rings. The fraction of sp³-hybridized carbons (Fsp3) is 0.255. The van der Waals surface area contributed by atoms with Crippen LogP contribution in [0.4, 0.5) is 10.5 Å². The molecule has 0 spiro atoms. The van der Waals surface area contributed by atoms with Gasteiger partial charge in [-0.25, -0.2) is 9.59 Å². The molecule has 0 unspecified atom stereocenters. The van der Waals surface area contributed by atoms with Crippen LogP contribution in [0.15, 0.2) is 124 Å². The first-order valence-electron chi connectivity index (χ1n) is 19.5. The van der Waals surface area contributed by atoms with Gasteiger partial charge in [0.05, 0.1) is 29.1 Å². The molecule has 0 radical (unpaired) electrons. The number of hydrogen-bond donors (Lipinski definition) is 5. The van der Waals surface area contributed by atoms with E-state index >= 15 is 0 Å². The fourth-order valence-electron chi connectivity index (χ4n) is 7.53. The average Bonchev–Trinajstić information content (AvgIpc) is 3.24. The van der Waals surface area contributed by atoms with E-state index in [1.54, 1.807) is 26.8 Å². The lowest BCUT2D eigenvalue weighted by molar-refractivity contribution is -0.290. The van der Waals surface area contributed by atoms with Gasteiger partial charge in [-0.3, -0.25) is 4.79 Å². The Morgan fingerprint density at radius 1 is 0.867 bits per heavy atom. The van der Waals surface area contributed by atoms with E-state index < -0.39 is 65.7 Å². The maximum absolute atomic E-state index is 14.3. The summed E-state index contributed by atoms with van der Waals surface area (Å²) >= 11 is 0. The smallest absolute Gasteiger partial charge is 0.404 e. The molecule has 60 heavy (non-hydrogen) atoms. The summed E-state index contributed by atoms with van der Waals surface area (Å²) in [5.74, 6) is -1.72. The summed E-state index contributed by atoms with van der Waals surface area (Å²) in [5, 5.41) is 35.3. The molecular formula is C47H46N2O11. The number of aromatic hydroxyl groups is 1. The third-order valence-corrected chi connectivity index (χ3v) is 10.8. The molecule has 5 aromatic carbocycles. The predicted octanol–water partition coefficient (Wildman–Crippen LogP) is 7.04. The van der Waals surface area contributed by atoms with E-state index in [1.165, 1.54) is 12.1 Å². The third-order valence-electron chi connectivity index (χ3n) is 10.8. The van der Waals surface area contributed by atoms with Gasteiger partial charge in [-0.15, -0.1) is 0 Å². The first-order chi connectivity index (χ1) is 28.8. The van der Waals surface area contributed by atoms with Crippen LogP contribution < -0.4 is 26.1 Å². The van der Waals surface area contributed by atoms with E-state index in [0.29, 0.717) is 6.42 Å². The van der Waals surface area contributed by atoms with Crippen molar-refractivity contribution in [2.45, 2.75) is 64.3 Å². The van der Waals surface area contributed by atoms with Crippen molar-refractivity contribution in [3.8, 4) is 28.4 Å². The van der Waals surface area contributed by atoms with Gasteiger partial charge in [0.15, 0.2) is 17.5 Å². The van der Waals surface area contributed by atoms with Gasteiger partial charge in [0.25, 0.3) is 5.91 Å². The van der Waals surface area contributed by atoms with Crippen LogP contribution in [0.1, 0.15) is 46.5 Å². The van der Waals surface area contributed by atoms with Crippen molar-refractivity contribution in [1.82, 2.24) is 0 Å². The number of nitrogens with two attached hydrogens (primary N) is 1. The molecule has 6 N–H and O–H groups in total. The topological polar surface area (TPSA) is 200 Å². The van der Waals surface area contributed by atoms with Crippen molar-refractivity contribution < 1.29 is 48.3 Å². The number of amides is 2. The Labute approximate surface area is 345 Å². The summed E-state index contributed by atoms with van der Waals surface area (Å²) in [6, 6.07) is 35.7. The monoisotopic (exact) mass is 814 g/mol. The first kappa shape index (κ1) is 41.5. The summed E-state index contributed by atoms with van der Waals surface area (Å²) in [5.41, 5.74) is 7.57. The first-order valence-corrected chi connectivity index (χ1v) is 19.5. The molecule has 1 aliphatic rings. The molecule has 4 atom stereocenters. The summed E-state index contributed by atoms with van der Waals surface area (Å²) in [7, 11) is 0. The summed E-state index contributed by atoms with van der Waals surface area (Å²) in [6.07, 6.45) is -4.02. The average molecular weight is 815 g/mol. The number of carbonyl (C=O) groups excluding carboxylic acids is 2. The molecule has 0 aliphatic carbocycles. The van der Waals surface area contributed by atoms with Crippen molar-refractivity contribution in [3.05, 3.63) is 153 Å². The van der Waals surface area contributed by atoms with Crippen molar-refractivity contribution in [2.24, 2.45) is 11.7 Å². The molecular weight excluding hydrogens is 769 g/mol. The summed E-state index contributed by atoms with van der Waals surface area (Å²) in [6.45, 7) is 4.51. The molecule has 1 fully saturated rings. The van der Waals surface area contributed by atoms with Gasteiger partial charge >= 0.3 is 11.7 Å². The number of aliphatic hydroxyl groups excluding tert-OH is 2. The van der Waals surface area contributed by atoms with Crippen molar-refractivity contribution in [2.75, 3.05) is 11.9 Å². The Bertz CT molecular complexity index is 2540. The second kappa shape index (κ2) is 17.7. The minimum Gasteiger partial charge on any atom is -0.505 e. The highest BCUT2D eigenvalue weighted by molar-refractivity contribution is 6.09. The highest BCUT2D eigenvalue weighted by atomic mass is 16.7. The molecule has 0 bridgehead atoms. The molecule has 7 rings (SSSR count). The summed E-state index contributed by atoms with van der Waals surface area (Å²) < 4.78 is 29.2. The SMILES string of the molecule is Cc1c(O[C@@H]2OC(C)(C)[C@H](CO)[C@@H](OC(N)=O)[C@H]2O)ccc2c(O)c(NC(=O)c3cc(-c4ccccc4)c(CCc4ccccc4)cc3OCc3ccccc3)c(=O)oc12. The number of primary amides is 1. The Balaban J connectivity index is 1.22. The number of hydrogen-bond acceptors (Lipinski definition) is 11. The van der Waals surface area contributed by atoms with E-state index in [1.807, 2.05) is 84.9 Å². The Morgan fingerprint density at radius 3 is 2.17 bits per heavy atom. The Hall–Kier alpha value is -6.67. The van der Waals surface area contributed by atoms with E-state index in [9.17, 15) is 29.7 Å². The summed E-state index contributed by atoms with van der Waals surface area (Å²) in [4.78, 5) is 39.6. The second-order valence-electron chi connectivity index (χ2n) is 15.2. The molecule has 1 aromatic heterocycles. The largest absolute Gasteiger partial charge is 0.505 e. The number of benzene rings is 5. The standard InChI is InChI=1S/C47H46N2O11/c1-27-36(57-45-40(52)42(59-46(48)55)35(25-50)47(2,3)60-45)22-21-32-39(51)38(44(54)58-41(27)32)49-43(53)34-24-33(30-17-11-6-12-18-30)31(20-19-28-13-7-4-8-14-28)23-37(34)56-26-29-15-9-5-10-16-29/h4-18,21-24,35,40,42,45,50-52H,19-20,25-26H2,1-3H3,(H2,48,55)(H,49,53)/t35-,40-,42-,45-/m1/s1. The molecule has 2 heterocycles. The number of carbonyl (C=O) groups is 2. The minimum absolute atomic E-state index is 0.0586. The Morgan fingerprint density at radius 2 is 1.52 bits per heavy atom. The number of aryl methyl sites for hydroxylation is 3. The zero-order chi connectivity index (χ0) is 42.6. The third kappa shape index (κ3) is 8.83. The second-order valence-corrected chi connectivity index (χ2v) is 15.2. The van der Waals surface area contributed by atoms with Crippen molar-refractivity contribution in [1.29, 1.82) is 0 Å². The molecule has 13 heteroatoms. The number of rotatable bonds is 13. The van der Waals surface area contributed by atoms with Gasteiger partial charge in [0, 0.05) is 5.56 Å². The number of ether oxygens (including phenoxy) is 4. The van der Waals surface area contributed by atoms with Gasteiger partial charge in [-0.1, -0.05) is 91.0 Å². The number of nitrogens with one attached hydrogen (secondary N) is 1. The van der Waals surface area contributed by atoms with Crippen LogP contribution in [0.25, 0.3) is 22.1 Å². The molecule has 0 saturated carbocycles. The Kier molecular flexibility index (Phi) is 12.2. The van der Waals surface area contributed by atoms with Gasteiger partial charge in [0.2, 0.25) is 6.29 Å². The molecule has 310 valence electrons. The van der Waals surface area contributed by atoms with Crippen LogP contribution in [0.5, 0.6) is 17.2 Å². The number of aliphatic hydroxyl groups is 2. The maximum Gasteiger partial charge on any atom is 0.404 e. The van der Waals surface area contributed by atoms with E-state index in [-0.39, 0.29) is 40.2 Å².